The van der Waals surface area contributed by atoms with Crippen molar-refractivity contribution in [2.75, 3.05) is 13.2 Å². The Balaban J connectivity index is 3.86. The minimum Gasteiger partial charge on any atom is -0.318 e. The van der Waals surface area contributed by atoms with E-state index in [-0.39, 0.29) is 0 Å². The third-order valence-corrected chi connectivity index (χ3v) is 1.76. The van der Waals surface area contributed by atoms with Gasteiger partial charge in [0.05, 0.1) is 0 Å². The van der Waals surface area contributed by atoms with Crippen LogP contribution in [0.2, 0.25) is 0 Å². The molecule has 2 nitrogen and oxygen atoms in total. The van der Waals surface area contributed by atoms with Crippen LogP contribution in [0.15, 0.2) is 0 Å². The first-order valence-corrected chi connectivity index (χ1v) is 4.68. The lowest BCUT2D eigenvalue weighted by atomic mass is 9.76. The molecule has 0 amide bonds. The van der Waals surface area contributed by atoms with E-state index in [2.05, 4.69) is 39.9 Å². The zero-order chi connectivity index (χ0) is 9.83. The van der Waals surface area contributed by atoms with Crippen LogP contribution < -0.4 is 11.1 Å². The number of nitrogens with one attached hydrogen (secondary N) is 1. The first-order valence-electron chi connectivity index (χ1n) is 4.68. The molecule has 0 bridgehead atoms. The summed E-state index contributed by atoms with van der Waals surface area (Å²) in [6.45, 7) is 13.0. The Bertz CT molecular complexity index is 122. The summed E-state index contributed by atoms with van der Waals surface area (Å²) in [7, 11) is 0. The molecule has 2 heteroatoms. The fourth-order valence-electron chi connectivity index (χ4n) is 1.91. The van der Waals surface area contributed by atoms with Crippen molar-refractivity contribution in [2.45, 2.75) is 41.0 Å². The number of hydrogen-bond acceptors (Lipinski definition) is 2. The van der Waals surface area contributed by atoms with Crippen LogP contribution in [0.1, 0.15) is 41.0 Å². The molecule has 0 aromatic rings. The average molecular weight is 172 g/mol. The zero-order valence-electron chi connectivity index (χ0n) is 9.20. The predicted molar refractivity (Wildman–Crippen MR) is 54.9 cm³/mol. The Morgan fingerprint density at radius 3 is 1.92 bits per heavy atom. The number of hydrogen-bond donors (Lipinski definition) is 2. The number of nitrogens with two attached hydrogens (primary N) is 1. The molecule has 0 rings (SSSR count). The largest absolute Gasteiger partial charge is 0.318 e. The monoisotopic (exact) mass is 172 g/mol. The first kappa shape index (κ1) is 11.9. The standard InChI is InChI=1S/C10H24N2/c1-9(2,3)6-10(4,5)7-12-8-11/h12H,6-8,11H2,1-5H3. The van der Waals surface area contributed by atoms with E-state index < -0.39 is 0 Å². The summed E-state index contributed by atoms with van der Waals surface area (Å²) in [5.74, 6) is 0. The fourth-order valence-corrected chi connectivity index (χ4v) is 1.91. The Kier molecular flexibility index (Phi) is 4.21. The van der Waals surface area contributed by atoms with Crippen molar-refractivity contribution >= 4 is 0 Å². The van der Waals surface area contributed by atoms with Gasteiger partial charge in [0.1, 0.15) is 0 Å². The van der Waals surface area contributed by atoms with Crippen LogP contribution in [0, 0.1) is 10.8 Å². The molecule has 0 unspecified atom stereocenters. The molecule has 0 saturated heterocycles. The average Bonchev–Trinajstić information content (AvgIpc) is 1.78. The molecule has 0 aromatic carbocycles. The smallest absolute Gasteiger partial charge is 0.0428 e. The summed E-state index contributed by atoms with van der Waals surface area (Å²) in [5.41, 5.74) is 6.14. The molecular formula is C10H24N2. The molecule has 0 spiro atoms. The topological polar surface area (TPSA) is 38.0 Å². The molecule has 0 fully saturated rings. The van der Waals surface area contributed by atoms with Crippen LogP contribution in [0.5, 0.6) is 0 Å². The van der Waals surface area contributed by atoms with Gasteiger partial charge in [0.2, 0.25) is 0 Å². The molecule has 0 aliphatic rings. The van der Waals surface area contributed by atoms with Crippen LogP contribution in [-0.2, 0) is 0 Å². The summed E-state index contributed by atoms with van der Waals surface area (Å²) in [4.78, 5) is 0. The highest BCUT2D eigenvalue weighted by molar-refractivity contribution is 4.77. The predicted octanol–water partition coefficient (Wildman–Crippen LogP) is 1.95. The zero-order valence-corrected chi connectivity index (χ0v) is 9.20. The highest BCUT2D eigenvalue weighted by Crippen LogP contribution is 2.32. The second kappa shape index (κ2) is 4.24. The Labute approximate surface area is 76.9 Å². The van der Waals surface area contributed by atoms with Gasteiger partial charge in [-0.25, -0.2) is 0 Å². The molecule has 0 radical (unpaired) electrons. The fraction of sp³-hybridized carbons (Fsp3) is 1.00. The maximum absolute atomic E-state index is 5.39. The third kappa shape index (κ3) is 6.62. The first-order chi connectivity index (χ1) is 5.27. The molecular weight excluding hydrogens is 148 g/mol. The van der Waals surface area contributed by atoms with E-state index in [0.717, 1.165) is 6.54 Å². The van der Waals surface area contributed by atoms with Gasteiger partial charge in [-0.3, -0.25) is 0 Å². The van der Waals surface area contributed by atoms with Crippen LogP contribution in [-0.4, -0.2) is 13.2 Å². The summed E-state index contributed by atoms with van der Waals surface area (Å²) >= 11 is 0. The normalized spacial score (nSPS) is 13.5. The van der Waals surface area contributed by atoms with Crippen molar-refractivity contribution in [3.8, 4) is 0 Å². The van der Waals surface area contributed by atoms with E-state index in [1.165, 1.54) is 6.42 Å². The van der Waals surface area contributed by atoms with Gasteiger partial charge < -0.3 is 11.1 Å². The van der Waals surface area contributed by atoms with Gasteiger partial charge in [-0.2, -0.15) is 0 Å². The Morgan fingerprint density at radius 2 is 1.58 bits per heavy atom. The maximum Gasteiger partial charge on any atom is 0.0428 e. The molecule has 12 heavy (non-hydrogen) atoms. The van der Waals surface area contributed by atoms with Gasteiger partial charge >= 0.3 is 0 Å². The molecule has 3 N–H and O–H groups in total. The molecule has 0 aliphatic carbocycles. The third-order valence-electron chi connectivity index (χ3n) is 1.76. The summed E-state index contributed by atoms with van der Waals surface area (Å²) in [6.07, 6.45) is 1.22. The second-order valence-electron chi connectivity index (χ2n) is 5.53. The molecule has 0 saturated carbocycles. The molecule has 0 atom stereocenters. The van der Waals surface area contributed by atoms with Crippen LogP contribution >= 0.6 is 0 Å². The van der Waals surface area contributed by atoms with E-state index >= 15 is 0 Å². The van der Waals surface area contributed by atoms with Crippen LogP contribution in [0.25, 0.3) is 0 Å². The van der Waals surface area contributed by atoms with Crippen molar-refractivity contribution in [1.82, 2.24) is 5.32 Å². The van der Waals surface area contributed by atoms with Gasteiger partial charge in [-0.1, -0.05) is 34.6 Å². The molecule has 0 heterocycles. The van der Waals surface area contributed by atoms with E-state index in [0.29, 0.717) is 17.5 Å². The van der Waals surface area contributed by atoms with Crippen molar-refractivity contribution in [3.63, 3.8) is 0 Å². The SMILES string of the molecule is CC(C)(C)CC(C)(C)CNCN. The van der Waals surface area contributed by atoms with E-state index in [1.807, 2.05) is 0 Å². The van der Waals surface area contributed by atoms with Crippen molar-refractivity contribution in [3.05, 3.63) is 0 Å². The minimum atomic E-state index is 0.345. The Hall–Kier alpha value is -0.0800. The molecule has 0 aliphatic heterocycles. The van der Waals surface area contributed by atoms with E-state index in [4.69, 9.17) is 5.73 Å². The summed E-state index contributed by atoms with van der Waals surface area (Å²) < 4.78 is 0. The van der Waals surface area contributed by atoms with Gasteiger partial charge in [0.25, 0.3) is 0 Å². The number of rotatable bonds is 4. The quantitative estimate of drug-likeness (QED) is 0.636. The maximum atomic E-state index is 5.39. The minimum absolute atomic E-state index is 0.345. The molecule has 0 aromatic heterocycles. The summed E-state index contributed by atoms with van der Waals surface area (Å²) in [5, 5.41) is 3.19. The lowest BCUT2D eigenvalue weighted by Gasteiger charge is -2.32. The van der Waals surface area contributed by atoms with Gasteiger partial charge in [0, 0.05) is 13.2 Å². The van der Waals surface area contributed by atoms with Gasteiger partial charge in [-0.15, -0.1) is 0 Å². The van der Waals surface area contributed by atoms with Gasteiger partial charge in [-0.05, 0) is 17.3 Å². The van der Waals surface area contributed by atoms with E-state index in [9.17, 15) is 0 Å². The molecule has 74 valence electrons. The van der Waals surface area contributed by atoms with Crippen LogP contribution in [0.4, 0.5) is 0 Å². The van der Waals surface area contributed by atoms with Crippen LogP contribution in [0.3, 0.4) is 0 Å². The lowest BCUT2D eigenvalue weighted by Crippen LogP contribution is -2.35. The van der Waals surface area contributed by atoms with Crippen molar-refractivity contribution in [2.24, 2.45) is 16.6 Å². The second-order valence-corrected chi connectivity index (χ2v) is 5.53. The van der Waals surface area contributed by atoms with Crippen molar-refractivity contribution < 1.29 is 0 Å². The highest BCUT2D eigenvalue weighted by atomic mass is 15.0. The van der Waals surface area contributed by atoms with Gasteiger partial charge in [0.15, 0.2) is 0 Å². The Morgan fingerprint density at radius 1 is 1.08 bits per heavy atom. The summed E-state index contributed by atoms with van der Waals surface area (Å²) in [6, 6.07) is 0. The highest BCUT2D eigenvalue weighted by Gasteiger charge is 2.24. The lowest BCUT2D eigenvalue weighted by molar-refractivity contribution is 0.207. The van der Waals surface area contributed by atoms with E-state index in [1.54, 1.807) is 0 Å². The van der Waals surface area contributed by atoms with Crippen molar-refractivity contribution in [1.29, 1.82) is 0 Å².